The topological polar surface area (TPSA) is 38.3 Å². The smallest absolute Gasteiger partial charge is 0.255 e. The molecule has 0 saturated heterocycles. The first-order valence-electron chi connectivity index (χ1n) is 6.09. The third-order valence-electron chi connectivity index (χ3n) is 2.60. The average Bonchev–Trinajstić information content (AvgIpc) is 2.42. The molecule has 1 amide bonds. The number of hydrogen-bond acceptors (Lipinski definition) is 2. The first kappa shape index (κ1) is 14.0. The zero-order valence-corrected chi connectivity index (χ0v) is 10.8. The van der Waals surface area contributed by atoms with Crippen LogP contribution in [0.5, 0.6) is 5.75 Å². The van der Waals surface area contributed by atoms with Crippen LogP contribution in [0.3, 0.4) is 0 Å². The SMILES string of the molecule is CCOc1ccc(NC(=O)c2ccc(F)cc2)cc1F. The third-order valence-corrected chi connectivity index (χ3v) is 2.60. The summed E-state index contributed by atoms with van der Waals surface area (Å²) in [5.74, 6) is -1.28. The van der Waals surface area contributed by atoms with Crippen LogP contribution in [0.4, 0.5) is 14.5 Å². The molecule has 3 nitrogen and oxygen atoms in total. The molecular formula is C15H13F2NO2. The Morgan fingerprint density at radius 2 is 1.85 bits per heavy atom. The molecule has 0 aliphatic heterocycles. The molecule has 0 bridgehead atoms. The second-order valence-corrected chi connectivity index (χ2v) is 4.04. The van der Waals surface area contributed by atoms with Gasteiger partial charge in [-0.15, -0.1) is 0 Å². The van der Waals surface area contributed by atoms with Crippen molar-refractivity contribution in [2.45, 2.75) is 6.92 Å². The molecule has 2 aromatic rings. The van der Waals surface area contributed by atoms with Crippen molar-refractivity contribution in [2.75, 3.05) is 11.9 Å². The Bertz CT molecular complexity index is 612. The van der Waals surface area contributed by atoms with Crippen LogP contribution in [-0.2, 0) is 0 Å². The van der Waals surface area contributed by atoms with Crippen molar-refractivity contribution >= 4 is 11.6 Å². The predicted octanol–water partition coefficient (Wildman–Crippen LogP) is 3.62. The van der Waals surface area contributed by atoms with E-state index in [1.165, 1.54) is 42.5 Å². The Morgan fingerprint density at radius 1 is 1.15 bits per heavy atom. The number of hydrogen-bond donors (Lipinski definition) is 1. The van der Waals surface area contributed by atoms with E-state index in [1.54, 1.807) is 6.92 Å². The van der Waals surface area contributed by atoms with E-state index in [0.717, 1.165) is 0 Å². The molecule has 0 aliphatic carbocycles. The van der Waals surface area contributed by atoms with Crippen LogP contribution in [0.2, 0.25) is 0 Å². The molecule has 104 valence electrons. The first-order valence-corrected chi connectivity index (χ1v) is 6.09. The maximum Gasteiger partial charge on any atom is 0.255 e. The van der Waals surface area contributed by atoms with Crippen LogP contribution < -0.4 is 10.1 Å². The molecule has 2 rings (SSSR count). The van der Waals surface area contributed by atoms with Crippen molar-refractivity contribution in [3.63, 3.8) is 0 Å². The van der Waals surface area contributed by atoms with Gasteiger partial charge in [-0.1, -0.05) is 0 Å². The van der Waals surface area contributed by atoms with E-state index < -0.39 is 17.5 Å². The fourth-order valence-corrected chi connectivity index (χ4v) is 1.66. The van der Waals surface area contributed by atoms with Crippen molar-refractivity contribution in [3.05, 3.63) is 59.7 Å². The summed E-state index contributed by atoms with van der Waals surface area (Å²) >= 11 is 0. The van der Waals surface area contributed by atoms with Crippen LogP contribution in [0.15, 0.2) is 42.5 Å². The van der Waals surface area contributed by atoms with Crippen molar-refractivity contribution in [2.24, 2.45) is 0 Å². The fraction of sp³-hybridized carbons (Fsp3) is 0.133. The minimum absolute atomic E-state index is 0.132. The van der Waals surface area contributed by atoms with Crippen molar-refractivity contribution in [3.8, 4) is 5.75 Å². The highest BCUT2D eigenvalue weighted by Gasteiger charge is 2.09. The number of rotatable bonds is 4. The van der Waals surface area contributed by atoms with Gasteiger partial charge in [-0.05, 0) is 43.3 Å². The van der Waals surface area contributed by atoms with E-state index in [2.05, 4.69) is 5.32 Å². The molecule has 0 saturated carbocycles. The summed E-state index contributed by atoms with van der Waals surface area (Å²) in [6, 6.07) is 9.24. The van der Waals surface area contributed by atoms with Crippen LogP contribution in [0.25, 0.3) is 0 Å². The van der Waals surface area contributed by atoms with Gasteiger partial charge >= 0.3 is 0 Å². The zero-order chi connectivity index (χ0) is 14.5. The predicted molar refractivity (Wildman–Crippen MR) is 71.9 cm³/mol. The minimum atomic E-state index is -0.552. The van der Waals surface area contributed by atoms with Crippen LogP contribution in [0, 0.1) is 11.6 Å². The molecule has 20 heavy (non-hydrogen) atoms. The monoisotopic (exact) mass is 277 g/mol. The molecule has 0 heterocycles. The Kier molecular flexibility index (Phi) is 4.30. The van der Waals surface area contributed by atoms with Gasteiger partial charge in [0.25, 0.3) is 5.91 Å². The lowest BCUT2D eigenvalue weighted by molar-refractivity contribution is 0.102. The van der Waals surface area contributed by atoms with E-state index in [-0.39, 0.29) is 5.75 Å². The normalized spacial score (nSPS) is 10.2. The Balaban J connectivity index is 2.11. The van der Waals surface area contributed by atoms with Gasteiger partial charge in [0.2, 0.25) is 0 Å². The molecule has 1 N–H and O–H groups in total. The van der Waals surface area contributed by atoms with Gasteiger partial charge in [0, 0.05) is 17.3 Å². The molecule has 0 unspecified atom stereocenters. The quantitative estimate of drug-likeness (QED) is 0.927. The van der Waals surface area contributed by atoms with Crippen LogP contribution in [0.1, 0.15) is 17.3 Å². The fourth-order valence-electron chi connectivity index (χ4n) is 1.66. The van der Waals surface area contributed by atoms with Gasteiger partial charge in [0.05, 0.1) is 6.61 Å². The Labute approximate surface area is 115 Å². The molecular weight excluding hydrogens is 264 g/mol. The minimum Gasteiger partial charge on any atom is -0.491 e. The highest BCUT2D eigenvalue weighted by atomic mass is 19.1. The maximum absolute atomic E-state index is 13.6. The molecule has 0 aliphatic rings. The summed E-state index contributed by atoms with van der Waals surface area (Å²) in [5.41, 5.74) is 0.598. The van der Waals surface area contributed by atoms with E-state index in [9.17, 15) is 13.6 Å². The standard InChI is InChI=1S/C15H13F2NO2/c1-2-20-14-8-7-12(9-13(14)17)18-15(19)10-3-5-11(16)6-4-10/h3-9H,2H2,1H3,(H,18,19). The number of halogens is 2. The van der Waals surface area contributed by atoms with Crippen LogP contribution in [-0.4, -0.2) is 12.5 Å². The summed E-state index contributed by atoms with van der Waals surface area (Å²) in [7, 11) is 0. The van der Waals surface area contributed by atoms with Gasteiger partial charge in [0.15, 0.2) is 11.6 Å². The Hall–Kier alpha value is -2.43. The highest BCUT2D eigenvalue weighted by Crippen LogP contribution is 2.21. The van der Waals surface area contributed by atoms with Gasteiger partial charge in [0.1, 0.15) is 5.82 Å². The summed E-state index contributed by atoms with van der Waals surface area (Å²) in [4.78, 5) is 11.9. The number of anilines is 1. The summed E-state index contributed by atoms with van der Waals surface area (Å²) in [5, 5.41) is 2.53. The largest absolute Gasteiger partial charge is 0.491 e. The van der Waals surface area contributed by atoms with Crippen molar-refractivity contribution < 1.29 is 18.3 Å². The number of benzene rings is 2. The summed E-state index contributed by atoms with van der Waals surface area (Å²) in [6.07, 6.45) is 0. The summed E-state index contributed by atoms with van der Waals surface area (Å²) in [6.45, 7) is 2.11. The van der Waals surface area contributed by atoms with E-state index in [0.29, 0.717) is 17.9 Å². The van der Waals surface area contributed by atoms with Gasteiger partial charge < -0.3 is 10.1 Å². The molecule has 5 heteroatoms. The maximum atomic E-state index is 13.6. The molecule has 0 aromatic heterocycles. The van der Waals surface area contributed by atoms with E-state index in [1.807, 2.05) is 0 Å². The lowest BCUT2D eigenvalue weighted by Gasteiger charge is -2.08. The van der Waals surface area contributed by atoms with Gasteiger partial charge in [-0.3, -0.25) is 4.79 Å². The number of ether oxygens (including phenoxy) is 1. The first-order chi connectivity index (χ1) is 9.60. The molecule has 2 aromatic carbocycles. The number of carbonyl (C=O) groups is 1. The molecule has 0 atom stereocenters. The van der Waals surface area contributed by atoms with E-state index >= 15 is 0 Å². The molecule has 0 spiro atoms. The highest BCUT2D eigenvalue weighted by molar-refractivity contribution is 6.04. The Morgan fingerprint density at radius 3 is 2.45 bits per heavy atom. The lowest BCUT2D eigenvalue weighted by Crippen LogP contribution is -2.12. The lowest BCUT2D eigenvalue weighted by atomic mass is 10.2. The van der Waals surface area contributed by atoms with Gasteiger partial charge in [-0.25, -0.2) is 8.78 Å². The number of amides is 1. The van der Waals surface area contributed by atoms with E-state index in [4.69, 9.17) is 4.74 Å². The zero-order valence-electron chi connectivity index (χ0n) is 10.8. The van der Waals surface area contributed by atoms with Crippen molar-refractivity contribution in [1.82, 2.24) is 0 Å². The number of carbonyl (C=O) groups excluding carboxylic acids is 1. The number of nitrogens with one attached hydrogen (secondary N) is 1. The van der Waals surface area contributed by atoms with Gasteiger partial charge in [-0.2, -0.15) is 0 Å². The van der Waals surface area contributed by atoms with Crippen LogP contribution >= 0.6 is 0 Å². The molecule has 0 fully saturated rings. The molecule has 0 radical (unpaired) electrons. The summed E-state index contributed by atoms with van der Waals surface area (Å²) < 4.78 is 31.4. The second kappa shape index (κ2) is 6.14. The second-order valence-electron chi connectivity index (χ2n) is 4.04. The average molecular weight is 277 g/mol. The van der Waals surface area contributed by atoms with Crippen molar-refractivity contribution in [1.29, 1.82) is 0 Å². The third kappa shape index (κ3) is 3.32.